The first-order valence-corrected chi connectivity index (χ1v) is 7.05. The van der Waals surface area contributed by atoms with E-state index in [1.807, 2.05) is 0 Å². The second kappa shape index (κ2) is 7.61. The largest absolute Gasteiger partial charge is 0.394 e. The molecule has 1 aromatic carbocycles. The summed E-state index contributed by atoms with van der Waals surface area (Å²) < 4.78 is 13.9. The fraction of sp³-hybridized carbons (Fsp3) is 0.267. The lowest BCUT2D eigenvalue weighted by atomic mass is 10.0. The Morgan fingerprint density at radius 2 is 2.04 bits per heavy atom. The van der Waals surface area contributed by atoms with Crippen LogP contribution in [0.5, 0.6) is 0 Å². The molecule has 3 N–H and O–H groups in total. The van der Waals surface area contributed by atoms with Crippen LogP contribution in [0.2, 0.25) is 0 Å². The average Bonchev–Trinajstić information content (AvgIpc) is 2.92. The van der Waals surface area contributed by atoms with E-state index in [-0.39, 0.29) is 11.1 Å². The summed E-state index contributed by atoms with van der Waals surface area (Å²) in [6.07, 6.45) is 0.720. The Kier molecular flexibility index (Phi) is 5.53. The summed E-state index contributed by atoms with van der Waals surface area (Å²) in [7, 11) is 0. The van der Waals surface area contributed by atoms with Crippen molar-refractivity contribution < 1.29 is 29.0 Å². The first kappa shape index (κ1) is 18.2. The van der Waals surface area contributed by atoms with Crippen LogP contribution in [-0.4, -0.2) is 58.4 Å². The van der Waals surface area contributed by atoms with Crippen molar-refractivity contribution in [3.63, 3.8) is 0 Å². The number of hydrogen-bond donors (Lipinski definition) is 3. The van der Waals surface area contributed by atoms with Crippen LogP contribution in [0, 0.1) is 17.1 Å². The predicted molar refractivity (Wildman–Crippen MR) is 80.7 cm³/mol. The lowest BCUT2D eigenvalue weighted by Gasteiger charge is -2.26. The van der Waals surface area contributed by atoms with E-state index >= 15 is 0 Å². The van der Waals surface area contributed by atoms with Crippen molar-refractivity contribution in [3.05, 3.63) is 35.1 Å². The molecule has 25 heavy (non-hydrogen) atoms. The third kappa shape index (κ3) is 3.68. The highest BCUT2D eigenvalue weighted by Crippen LogP contribution is 2.26. The number of urea groups is 1. The molecule has 10 heteroatoms. The Hall–Kier alpha value is -3.16. The first-order valence-electron chi connectivity index (χ1n) is 7.05. The van der Waals surface area contributed by atoms with Gasteiger partial charge in [-0.25, -0.2) is 14.1 Å². The Bertz CT molecular complexity index is 767. The molecular weight excluding hydrogens is 335 g/mol. The van der Waals surface area contributed by atoms with Gasteiger partial charge in [-0.2, -0.15) is 10.3 Å². The molecule has 0 bridgehead atoms. The zero-order valence-electron chi connectivity index (χ0n) is 12.7. The minimum atomic E-state index is -1.58. The summed E-state index contributed by atoms with van der Waals surface area (Å²) in [5.41, 5.74) is -0.349. The Labute approximate surface area is 141 Å². The van der Waals surface area contributed by atoms with Gasteiger partial charge in [-0.1, -0.05) is 6.07 Å². The minimum absolute atomic E-state index is 0.0733. The quantitative estimate of drug-likeness (QED) is 0.617. The van der Waals surface area contributed by atoms with Crippen LogP contribution < -0.4 is 5.32 Å². The van der Waals surface area contributed by atoms with E-state index in [0.29, 0.717) is 4.90 Å². The molecule has 1 atom stereocenters. The maximum absolute atomic E-state index is 13.9. The summed E-state index contributed by atoms with van der Waals surface area (Å²) in [6.45, 7) is -1.18. The Balaban J connectivity index is 2.44. The number of rotatable bonds is 6. The number of hydrogen-bond acceptors (Lipinski definition) is 6. The average molecular weight is 348 g/mol. The SMILES string of the molecule is N#Cc1ccc(C(C(=O)NC(CO)CO)N2C(=O)C=NC2=O)cc1F. The lowest BCUT2D eigenvalue weighted by molar-refractivity contribution is -0.133. The number of aliphatic hydroxyl groups is 2. The molecule has 1 aliphatic heterocycles. The molecule has 0 aromatic heterocycles. The van der Waals surface area contributed by atoms with Crippen LogP contribution in [0.1, 0.15) is 17.2 Å². The first-order chi connectivity index (χ1) is 11.9. The van der Waals surface area contributed by atoms with Crippen LogP contribution in [0.25, 0.3) is 0 Å². The molecule has 1 aliphatic rings. The topological polar surface area (TPSA) is 143 Å². The maximum atomic E-state index is 13.9. The van der Waals surface area contributed by atoms with Crippen molar-refractivity contribution in [1.29, 1.82) is 5.26 Å². The number of amides is 4. The molecule has 0 aliphatic carbocycles. The molecular formula is C15H13FN4O5. The van der Waals surface area contributed by atoms with E-state index in [4.69, 9.17) is 15.5 Å². The number of nitrogens with one attached hydrogen (secondary N) is 1. The van der Waals surface area contributed by atoms with Gasteiger partial charge in [0.15, 0.2) is 0 Å². The summed E-state index contributed by atoms with van der Waals surface area (Å²) >= 11 is 0. The number of imide groups is 1. The monoisotopic (exact) mass is 348 g/mol. The van der Waals surface area contributed by atoms with Crippen molar-refractivity contribution in [1.82, 2.24) is 10.2 Å². The normalized spacial score (nSPS) is 14.8. The van der Waals surface area contributed by atoms with Crippen molar-refractivity contribution in [2.45, 2.75) is 12.1 Å². The molecule has 0 radical (unpaired) electrons. The van der Waals surface area contributed by atoms with Gasteiger partial charge in [0.1, 0.15) is 17.9 Å². The highest BCUT2D eigenvalue weighted by atomic mass is 19.1. The molecule has 1 aromatic rings. The number of aliphatic imine (C=N–C) groups is 1. The predicted octanol–water partition coefficient (Wildman–Crippen LogP) is -0.759. The maximum Gasteiger partial charge on any atom is 0.351 e. The fourth-order valence-corrected chi connectivity index (χ4v) is 2.21. The second-order valence-corrected chi connectivity index (χ2v) is 5.07. The summed E-state index contributed by atoms with van der Waals surface area (Å²) in [4.78, 5) is 40.0. The van der Waals surface area contributed by atoms with Crippen molar-refractivity contribution in [3.8, 4) is 6.07 Å². The van der Waals surface area contributed by atoms with Gasteiger partial charge in [0.05, 0.1) is 31.0 Å². The van der Waals surface area contributed by atoms with Gasteiger partial charge in [0, 0.05) is 0 Å². The van der Waals surface area contributed by atoms with Gasteiger partial charge < -0.3 is 15.5 Å². The fourth-order valence-electron chi connectivity index (χ4n) is 2.21. The molecule has 0 saturated heterocycles. The van der Waals surface area contributed by atoms with Crippen LogP contribution in [0.15, 0.2) is 23.2 Å². The molecule has 1 heterocycles. The number of aliphatic hydroxyl groups excluding tert-OH is 2. The molecule has 0 saturated carbocycles. The highest BCUT2D eigenvalue weighted by Gasteiger charge is 2.39. The molecule has 4 amide bonds. The number of carbonyl (C=O) groups excluding carboxylic acids is 3. The van der Waals surface area contributed by atoms with Crippen molar-refractivity contribution in [2.24, 2.45) is 4.99 Å². The van der Waals surface area contributed by atoms with Gasteiger partial charge in [0.25, 0.3) is 5.91 Å². The van der Waals surface area contributed by atoms with Gasteiger partial charge in [0.2, 0.25) is 5.91 Å². The van der Waals surface area contributed by atoms with E-state index in [0.717, 1.165) is 18.3 Å². The number of halogens is 1. The smallest absolute Gasteiger partial charge is 0.351 e. The van der Waals surface area contributed by atoms with E-state index in [1.165, 1.54) is 6.07 Å². The van der Waals surface area contributed by atoms with Gasteiger partial charge >= 0.3 is 6.03 Å². The van der Waals surface area contributed by atoms with Crippen LogP contribution >= 0.6 is 0 Å². The number of carbonyl (C=O) groups is 3. The Morgan fingerprint density at radius 1 is 1.36 bits per heavy atom. The van der Waals surface area contributed by atoms with E-state index in [9.17, 15) is 18.8 Å². The Morgan fingerprint density at radius 3 is 2.52 bits per heavy atom. The number of benzene rings is 1. The molecule has 0 spiro atoms. The number of nitrogens with zero attached hydrogens (tertiary/aromatic N) is 3. The third-order valence-corrected chi connectivity index (χ3v) is 3.45. The molecule has 1 unspecified atom stereocenters. The second-order valence-electron chi connectivity index (χ2n) is 5.07. The molecule has 130 valence electrons. The summed E-state index contributed by atoms with van der Waals surface area (Å²) in [5.74, 6) is -2.73. The summed E-state index contributed by atoms with van der Waals surface area (Å²) in [5, 5.41) is 29.2. The van der Waals surface area contributed by atoms with Crippen LogP contribution in [0.4, 0.5) is 9.18 Å². The van der Waals surface area contributed by atoms with E-state index < -0.39 is 49.0 Å². The standard InChI is InChI=1S/C15H13FN4O5/c16-11-3-8(1-2-9(11)4-17)13(14(24)19-10(6-21)7-22)20-12(23)5-18-15(20)25/h1-3,5,10,13,21-22H,6-7H2,(H,19,24). The van der Waals surface area contributed by atoms with Crippen molar-refractivity contribution in [2.75, 3.05) is 13.2 Å². The van der Waals surface area contributed by atoms with Gasteiger partial charge in [-0.3, -0.25) is 9.59 Å². The van der Waals surface area contributed by atoms with Gasteiger partial charge in [-0.15, -0.1) is 0 Å². The van der Waals surface area contributed by atoms with E-state index in [2.05, 4.69) is 10.3 Å². The minimum Gasteiger partial charge on any atom is -0.394 e. The molecule has 9 nitrogen and oxygen atoms in total. The zero-order chi connectivity index (χ0) is 18.6. The van der Waals surface area contributed by atoms with Crippen molar-refractivity contribution >= 4 is 24.1 Å². The molecule has 0 fully saturated rings. The number of nitriles is 1. The van der Waals surface area contributed by atoms with Crippen LogP contribution in [0.3, 0.4) is 0 Å². The molecule has 2 rings (SSSR count). The van der Waals surface area contributed by atoms with Crippen LogP contribution in [-0.2, 0) is 9.59 Å². The van der Waals surface area contributed by atoms with E-state index in [1.54, 1.807) is 6.07 Å². The van der Waals surface area contributed by atoms with Gasteiger partial charge in [-0.05, 0) is 17.7 Å². The third-order valence-electron chi connectivity index (χ3n) is 3.45. The zero-order valence-corrected chi connectivity index (χ0v) is 12.7. The highest BCUT2D eigenvalue weighted by molar-refractivity contribution is 6.36. The summed E-state index contributed by atoms with van der Waals surface area (Å²) in [6, 6.07) is 1.17. The lowest BCUT2D eigenvalue weighted by Crippen LogP contribution is -2.48.